The van der Waals surface area contributed by atoms with Gasteiger partial charge in [-0.05, 0) is 102 Å². The first-order chi connectivity index (χ1) is 17.9. The molecule has 1 saturated heterocycles. The lowest BCUT2D eigenvalue weighted by Crippen LogP contribution is -2.28. The number of nitrogens with zero attached hydrogens (tertiary/aromatic N) is 3. The maximum absolute atomic E-state index is 13.6. The van der Waals surface area contributed by atoms with Crippen LogP contribution in [0.4, 0.5) is 0 Å². The van der Waals surface area contributed by atoms with Crippen LogP contribution in [0.1, 0.15) is 33.6 Å². The van der Waals surface area contributed by atoms with Gasteiger partial charge in [-0.15, -0.1) is 0 Å². The van der Waals surface area contributed by atoms with Crippen molar-refractivity contribution in [3.63, 3.8) is 0 Å². The molecular weight excluding hydrogens is 589 g/mol. The third-order valence-corrected chi connectivity index (χ3v) is 8.69. The summed E-state index contributed by atoms with van der Waals surface area (Å²) in [6, 6.07) is 28.9. The summed E-state index contributed by atoms with van der Waals surface area (Å²) >= 11 is 3.84. The van der Waals surface area contributed by atoms with Gasteiger partial charge in [-0.1, -0.05) is 66.7 Å². The van der Waals surface area contributed by atoms with Crippen molar-refractivity contribution in [3.8, 4) is 5.69 Å². The molecule has 1 aliphatic heterocycles. The largest absolute Gasteiger partial charge is 0.318 e. The minimum atomic E-state index is -0.00430. The SMILES string of the molecule is Cc1ccc(-n2c(C)cc(/C=C3\SC(=NCc4ccccc4)N(Cc4ccccc4)C3=O)c2C)cc1I. The van der Waals surface area contributed by atoms with Crippen LogP contribution in [0, 0.1) is 24.3 Å². The number of thioether (sulfide) groups is 1. The van der Waals surface area contributed by atoms with Crippen molar-refractivity contribution in [1.29, 1.82) is 0 Å². The summed E-state index contributed by atoms with van der Waals surface area (Å²) in [4.78, 5) is 21.0. The standard InChI is InChI=1S/C31H28IN3OS/c1-21-14-15-27(18-28(21)32)35-22(2)16-26(23(35)3)17-29-30(36)34(20-25-12-8-5-9-13-25)31(37-29)33-19-24-10-6-4-7-11-24/h4-18H,19-20H2,1-3H3/b29-17-,33-31?. The molecule has 1 aromatic heterocycles. The van der Waals surface area contributed by atoms with Gasteiger partial charge in [-0.3, -0.25) is 14.7 Å². The van der Waals surface area contributed by atoms with E-state index < -0.39 is 0 Å². The van der Waals surface area contributed by atoms with E-state index in [1.54, 1.807) is 4.90 Å². The number of rotatable bonds is 6. The van der Waals surface area contributed by atoms with Crippen LogP contribution in [0.25, 0.3) is 11.8 Å². The maximum Gasteiger partial charge on any atom is 0.267 e. The summed E-state index contributed by atoms with van der Waals surface area (Å²) in [7, 11) is 0. The van der Waals surface area contributed by atoms with Crippen molar-refractivity contribution < 1.29 is 4.79 Å². The van der Waals surface area contributed by atoms with Gasteiger partial charge < -0.3 is 4.57 Å². The third-order valence-electron chi connectivity index (χ3n) is 6.48. The smallest absolute Gasteiger partial charge is 0.267 e. The zero-order valence-corrected chi connectivity index (χ0v) is 24.1. The highest BCUT2D eigenvalue weighted by Crippen LogP contribution is 2.35. The zero-order valence-electron chi connectivity index (χ0n) is 21.1. The van der Waals surface area contributed by atoms with Gasteiger partial charge in [0, 0.05) is 20.6 Å². The van der Waals surface area contributed by atoms with Crippen LogP contribution in [0.2, 0.25) is 0 Å². The molecule has 4 aromatic rings. The van der Waals surface area contributed by atoms with E-state index >= 15 is 0 Å². The minimum absolute atomic E-state index is 0.00430. The lowest BCUT2D eigenvalue weighted by Gasteiger charge is -2.15. The Morgan fingerprint density at radius 1 is 0.892 bits per heavy atom. The highest BCUT2D eigenvalue weighted by Gasteiger charge is 2.33. The van der Waals surface area contributed by atoms with Crippen molar-refractivity contribution >= 4 is 51.5 Å². The summed E-state index contributed by atoms with van der Waals surface area (Å²) in [6.07, 6.45) is 2.02. The van der Waals surface area contributed by atoms with Crippen molar-refractivity contribution in [2.75, 3.05) is 0 Å². The first-order valence-corrected chi connectivity index (χ1v) is 14.1. The molecule has 0 spiro atoms. The van der Waals surface area contributed by atoms with Crippen molar-refractivity contribution in [2.24, 2.45) is 4.99 Å². The molecule has 0 bridgehead atoms. The van der Waals surface area contributed by atoms with E-state index in [0.717, 1.165) is 38.9 Å². The summed E-state index contributed by atoms with van der Waals surface area (Å²) in [5.41, 5.74) is 7.90. The van der Waals surface area contributed by atoms with Gasteiger partial charge in [-0.2, -0.15) is 0 Å². The van der Waals surface area contributed by atoms with Gasteiger partial charge in [0.15, 0.2) is 5.17 Å². The Hall–Kier alpha value is -3.10. The Morgan fingerprint density at radius 3 is 2.24 bits per heavy atom. The fourth-order valence-corrected chi connectivity index (χ4v) is 5.93. The molecule has 4 nitrogen and oxygen atoms in total. The second kappa shape index (κ2) is 11.1. The highest BCUT2D eigenvalue weighted by molar-refractivity contribution is 14.1. The molecule has 186 valence electrons. The summed E-state index contributed by atoms with van der Waals surface area (Å²) < 4.78 is 3.49. The Labute approximate surface area is 236 Å². The molecule has 0 aliphatic carbocycles. The maximum atomic E-state index is 13.6. The molecule has 2 heterocycles. The van der Waals surface area contributed by atoms with Crippen molar-refractivity contribution in [2.45, 2.75) is 33.9 Å². The van der Waals surface area contributed by atoms with Crippen LogP contribution in [0.5, 0.6) is 0 Å². The number of benzene rings is 3. The molecule has 3 aromatic carbocycles. The molecule has 0 radical (unpaired) electrons. The van der Waals surface area contributed by atoms with E-state index in [-0.39, 0.29) is 5.91 Å². The van der Waals surface area contributed by atoms with Crippen LogP contribution in [0.3, 0.4) is 0 Å². The summed E-state index contributed by atoms with van der Waals surface area (Å²) in [5.74, 6) is -0.00430. The average Bonchev–Trinajstić information content (AvgIpc) is 3.35. The van der Waals surface area contributed by atoms with Crippen molar-refractivity contribution in [3.05, 3.63) is 127 Å². The molecule has 0 unspecified atom stereocenters. The Balaban J connectivity index is 1.49. The summed E-state index contributed by atoms with van der Waals surface area (Å²) in [5, 5.41) is 0.742. The molecular formula is C31H28IN3OS. The number of aliphatic imine (C=N–C) groups is 1. The number of hydrogen-bond acceptors (Lipinski definition) is 3. The van der Waals surface area contributed by atoms with Crippen LogP contribution in [0.15, 0.2) is 94.8 Å². The molecule has 37 heavy (non-hydrogen) atoms. The molecule has 1 aliphatic rings. The number of aryl methyl sites for hydroxylation is 2. The third kappa shape index (κ3) is 5.60. The van der Waals surface area contributed by atoms with Crippen LogP contribution >= 0.6 is 34.4 Å². The molecule has 1 amide bonds. The first kappa shape index (κ1) is 25.5. The molecule has 0 saturated carbocycles. The number of carbonyl (C=O) groups is 1. The predicted molar refractivity (Wildman–Crippen MR) is 163 cm³/mol. The second-order valence-electron chi connectivity index (χ2n) is 9.17. The van der Waals surface area contributed by atoms with Gasteiger partial charge in [0.05, 0.1) is 18.0 Å². The van der Waals surface area contributed by atoms with Gasteiger partial charge in [0.25, 0.3) is 5.91 Å². The first-order valence-electron chi connectivity index (χ1n) is 12.2. The van der Waals surface area contributed by atoms with Crippen molar-refractivity contribution in [1.82, 2.24) is 9.47 Å². The minimum Gasteiger partial charge on any atom is -0.318 e. The highest BCUT2D eigenvalue weighted by atomic mass is 127. The molecule has 0 atom stereocenters. The number of aromatic nitrogens is 1. The van der Waals surface area contributed by atoms with Crippen LogP contribution in [-0.4, -0.2) is 20.5 Å². The number of amides is 1. The lowest BCUT2D eigenvalue weighted by molar-refractivity contribution is -0.122. The van der Waals surface area contributed by atoms with Gasteiger partial charge >= 0.3 is 0 Å². The average molecular weight is 618 g/mol. The quantitative estimate of drug-likeness (QED) is 0.165. The van der Waals surface area contributed by atoms with E-state index in [0.29, 0.717) is 18.0 Å². The topological polar surface area (TPSA) is 37.6 Å². The van der Waals surface area contributed by atoms with Crippen LogP contribution < -0.4 is 0 Å². The van der Waals surface area contributed by atoms with Gasteiger partial charge in [0.2, 0.25) is 0 Å². The number of amidine groups is 1. The monoisotopic (exact) mass is 617 g/mol. The van der Waals surface area contributed by atoms with Gasteiger partial charge in [0.1, 0.15) is 0 Å². The molecule has 0 N–H and O–H groups in total. The lowest BCUT2D eigenvalue weighted by atomic mass is 10.2. The predicted octanol–water partition coefficient (Wildman–Crippen LogP) is 7.68. The molecule has 5 rings (SSSR count). The van der Waals surface area contributed by atoms with Gasteiger partial charge in [-0.25, -0.2) is 0 Å². The van der Waals surface area contributed by atoms with E-state index in [2.05, 4.69) is 84.3 Å². The second-order valence-corrected chi connectivity index (χ2v) is 11.3. The Morgan fingerprint density at radius 2 is 1.57 bits per heavy atom. The summed E-state index contributed by atoms with van der Waals surface area (Å²) in [6.45, 7) is 7.38. The molecule has 1 fully saturated rings. The Bertz CT molecular complexity index is 1510. The number of hydrogen-bond donors (Lipinski definition) is 0. The van der Waals surface area contributed by atoms with E-state index in [1.807, 2.05) is 54.6 Å². The van der Waals surface area contributed by atoms with Crippen LogP contribution in [-0.2, 0) is 17.9 Å². The number of carbonyl (C=O) groups excluding carboxylic acids is 1. The normalized spacial score (nSPS) is 15.8. The zero-order chi connectivity index (χ0) is 25.9. The van der Waals surface area contributed by atoms with E-state index in [1.165, 1.54) is 20.9 Å². The Kier molecular flexibility index (Phi) is 7.67. The fourth-order valence-electron chi connectivity index (χ4n) is 4.47. The fraction of sp³-hybridized carbons (Fsp3) is 0.161. The number of halogens is 1. The van der Waals surface area contributed by atoms with E-state index in [4.69, 9.17) is 4.99 Å². The van der Waals surface area contributed by atoms with E-state index in [9.17, 15) is 4.79 Å². The molecule has 6 heteroatoms.